The largest absolute Gasteiger partial charge is 0.504 e. The third-order valence-corrected chi connectivity index (χ3v) is 7.37. The Morgan fingerprint density at radius 2 is 1.77 bits per heavy atom. The van der Waals surface area contributed by atoms with Crippen molar-refractivity contribution in [2.45, 2.75) is 26.8 Å². The molecular formula is C31H29N3O5S. The minimum atomic E-state index is -0.698. The summed E-state index contributed by atoms with van der Waals surface area (Å²) < 4.78 is 13.1. The third-order valence-electron chi connectivity index (χ3n) is 6.39. The van der Waals surface area contributed by atoms with Crippen molar-refractivity contribution in [3.8, 4) is 17.2 Å². The van der Waals surface area contributed by atoms with Gasteiger partial charge in [-0.1, -0.05) is 47.7 Å². The molecule has 1 aliphatic heterocycles. The number of rotatable bonds is 8. The Kier molecular flexibility index (Phi) is 7.84. The van der Waals surface area contributed by atoms with Gasteiger partial charge in [0.25, 0.3) is 11.5 Å². The number of para-hydroxylation sites is 1. The molecule has 8 nitrogen and oxygen atoms in total. The SMILES string of the molecule is CCOc1ccc([C@@H]2C(C(=O)Nc3ccccc3)=C(C)N=c3s/c(=C\c4ccc(O)c(OCC)c4)c(=O)n32)cc1. The minimum absolute atomic E-state index is 0.0284. The summed E-state index contributed by atoms with van der Waals surface area (Å²) in [6.45, 7) is 6.45. The lowest BCUT2D eigenvalue weighted by molar-refractivity contribution is -0.113. The summed E-state index contributed by atoms with van der Waals surface area (Å²) in [5.41, 5.74) is 2.74. The van der Waals surface area contributed by atoms with Gasteiger partial charge in [0, 0.05) is 5.69 Å². The van der Waals surface area contributed by atoms with Crippen LogP contribution in [0.4, 0.5) is 5.69 Å². The molecule has 9 heteroatoms. The number of hydrogen-bond donors (Lipinski definition) is 2. The molecule has 2 heterocycles. The van der Waals surface area contributed by atoms with Crippen LogP contribution in [0.15, 0.2) is 93.9 Å². The molecule has 0 aliphatic carbocycles. The van der Waals surface area contributed by atoms with E-state index in [1.165, 1.54) is 17.4 Å². The first-order chi connectivity index (χ1) is 19.4. The Hall–Kier alpha value is -4.63. The number of ether oxygens (including phenoxy) is 2. The zero-order valence-corrected chi connectivity index (χ0v) is 23.2. The summed E-state index contributed by atoms with van der Waals surface area (Å²) >= 11 is 1.25. The number of aromatic hydroxyl groups is 1. The quantitative estimate of drug-likeness (QED) is 0.336. The molecule has 0 unspecified atom stereocenters. The lowest BCUT2D eigenvalue weighted by Crippen LogP contribution is -2.40. The molecule has 5 rings (SSSR count). The van der Waals surface area contributed by atoms with Gasteiger partial charge in [0.2, 0.25) is 0 Å². The maximum absolute atomic E-state index is 13.9. The predicted molar refractivity (Wildman–Crippen MR) is 156 cm³/mol. The highest BCUT2D eigenvalue weighted by molar-refractivity contribution is 7.07. The maximum atomic E-state index is 13.9. The molecule has 0 spiro atoms. The number of phenolic OH excluding ortho intramolecular Hbond substituents is 1. The number of carbonyl (C=O) groups is 1. The van der Waals surface area contributed by atoms with Gasteiger partial charge in [-0.3, -0.25) is 14.2 Å². The van der Waals surface area contributed by atoms with Crippen LogP contribution >= 0.6 is 11.3 Å². The molecule has 0 saturated carbocycles. The van der Waals surface area contributed by atoms with Crippen LogP contribution in [0.25, 0.3) is 6.08 Å². The molecule has 2 N–H and O–H groups in total. The number of thiazole rings is 1. The van der Waals surface area contributed by atoms with Gasteiger partial charge in [-0.15, -0.1) is 0 Å². The topological polar surface area (TPSA) is 102 Å². The highest BCUT2D eigenvalue weighted by Gasteiger charge is 2.32. The number of nitrogens with zero attached hydrogens (tertiary/aromatic N) is 2. The van der Waals surface area contributed by atoms with Gasteiger partial charge in [0.15, 0.2) is 16.3 Å². The van der Waals surface area contributed by atoms with Crippen LogP contribution in [0.3, 0.4) is 0 Å². The fourth-order valence-corrected chi connectivity index (χ4v) is 5.65. The first kappa shape index (κ1) is 27.0. The lowest BCUT2D eigenvalue weighted by Gasteiger charge is -2.25. The second-order valence-corrected chi connectivity index (χ2v) is 10.1. The third kappa shape index (κ3) is 5.41. The van der Waals surface area contributed by atoms with E-state index in [4.69, 9.17) is 9.47 Å². The summed E-state index contributed by atoms with van der Waals surface area (Å²) in [6, 6.07) is 20.8. The van der Waals surface area contributed by atoms with Gasteiger partial charge in [0.1, 0.15) is 5.75 Å². The monoisotopic (exact) mass is 555 g/mol. The van der Waals surface area contributed by atoms with Crippen molar-refractivity contribution in [3.63, 3.8) is 0 Å². The zero-order chi connectivity index (χ0) is 28.2. The van der Waals surface area contributed by atoms with E-state index in [1.54, 1.807) is 29.7 Å². The van der Waals surface area contributed by atoms with Crippen molar-refractivity contribution in [1.82, 2.24) is 4.57 Å². The lowest BCUT2D eigenvalue weighted by atomic mass is 9.95. The summed E-state index contributed by atoms with van der Waals surface area (Å²) in [6.07, 6.45) is 1.74. The first-order valence-corrected chi connectivity index (χ1v) is 13.8. The second-order valence-electron chi connectivity index (χ2n) is 9.06. The summed E-state index contributed by atoms with van der Waals surface area (Å²) in [4.78, 5) is 32.8. The van der Waals surface area contributed by atoms with E-state index < -0.39 is 6.04 Å². The molecule has 1 aromatic heterocycles. The molecule has 3 aromatic carbocycles. The van der Waals surface area contributed by atoms with Crippen LogP contribution in [0.2, 0.25) is 0 Å². The number of fused-ring (bicyclic) bond motifs is 1. The highest BCUT2D eigenvalue weighted by Crippen LogP contribution is 2.32. The van der Waals surface area contributed by atoms with E-state index >= 15 is 0 Å². The molecule has 1 atom stereocenters. The van der Waals surface area contributed by atoms with Crippen molar-refractivity contribution in [2.24, 2.45) is 4.99 Å². The number of carbonyl (C=O) groups excluding carboxylic acids is 1. The predicted octanol–water partition coefficient (Wildman–Crippen LogP) is 4.38. The standard InChI is InChI=1S/C31H29N3O5S/c1-4-38-23-14-12-21(13-15-23)28-27(29(36)33-22-9-7-6-8-10-22)19(3)32-31-34(28)30(37)26(40-31)18-20-11-16-24(35)25(17-20)39-5-2/h6-18,28,35H,4-5H2,1-3H3,(H,33,36)/b26-18-/t28-/m1/s1. The molecule has 0 saturated heterocycles. The van der Waals surface area contributed by atoms with Crippen LogP contribution in [0, 0.1) is 0 Å². The van der Waals surface area contributed by atoms with Gasteiger partial charge in [0.05, 0.1) is 35.1 Å². The first-order valence-electron chi connectivity index (χ1n) is 13.0. The van der Waals surface area contributed by atoms with Crippen molar-refractivity contribution in [3.05, 3.63) is 115 Å². The van der Waals surface area contributed by atoms with Gasteiger partial charge in [-0.2, -0.15) is 0 Å². The average Bonchev–Trinajstić information content (AvgIpc) is 3.25. The zero-order valence-electron chi connectivity index (χ0n) is 22.4. The fraction of sp³-hybridized carbons (Fsp3) is 0.194. The van der Waals surface area contributed by atoms with Crippen LogP contribution in [-0.2, 0) is 4.79 Å². The van der Waals surface area contributed by atoms with E-state index in [-0.39, 0.29) is 17.2 Å². The number of allylic oxidation sites excluding steroid dienone is 1. The van der Waals surface area contributed by atoms with Gasteiger partial charge < -0.3 is 19.9 Å². The van der Waals surface area contributed by atoms with Crippen molar-refractivity contribution in [1.29, 1.82) is 0 Å². The normalized spacial score (nSPS) is 14.9. The number of amides is 1. The van der Waals surface area contributed by atoms with Crippen LogP contribution in [0.1, 0.15) is 37.9 Å². The number of phenols is 1. The minimum Gasteiger partial charge on any atom is -0.504 e. The molecule has 1 aliphatic rings. The Morgan fingerprint density at radius 1 is 1.05 bits per heavy atom. The summed E-state index contributed by atoms with van der Waals surface area (Å²) in [5, 5.41) is 13.0. The molecule has 204 valence electrons. The molecule has 40 heavy (non-hydrogen) atoms. The Bertz CT molecular complexity index is 1760. The van der Waals surface area contributed by atoms with Crippen LogP contribution in [0.5, 0.6) is 17.2 Å². The van der Waals surface area contributed by atoms with Crippen molar-refractivity contribution in [2.75, 3.05) is 18.5 Å². The van der Waals surface area contributed by atoms with E-state index in [9.17, 15) is 14.7 Å². The molecule has 1 amide bonds. The summed E-state index contributed by atoms with van der Waals surface area (Å²) in [5.74, 6) is 0.736. The molecule has 0 bridgehead atoms. The van der Waals surface area contributed by atoms with E-state index in [1.807, 2.05) is 68.4 Å². The number of benzene rings is 3. The highest BCUT2D eigenvalue weighted by atomic mass is 32.1. The molecule has 0 radical (unpaired) electrons. The molecule has 4 aromatic rings. The number of anilines is 1. The van der Waals surface area contributed by atoms with Gasteiger partial charge >= 0.3 is 0 Å². The second kappa shape index (κ2) is 11.6. The Labute approximate surface area is 235 Å². The number of hydrogen-bond acceptors (Lipinski definition) is 7. The van der Waals surface area contributed by atoms with Crippen molar-refractivity contribution < 1.29 is 19.4 Å². The Balaban J connectivity index is 1.64. The van der Waals surface area contributed by atoms with Gasteiger partial charge in [-0.05, 0) is 74.4 Å². The van der Waals surface area contributed by atoms with Crippen molar-refractivity contribution >= 4 is 29.0 Å². The van der Waals surface area contributed by atoms with Crippen LogP contribution < -0.4 is 29.7 Å². The molecule has 0 fully saturated rings. The smallest absolute Gasteiger partial charge is 0.271 e. The maximum Gasteiger partial charge on any atom is 0.271 e. The van der Waals surface area contributed by atoms with E-state index in [0.717, 1.165) is 5.56 Å². The molecular weight excluding hydrogens is 526 g/mol. The average molecular weight is 556 g/mol. The number of nitrogens with one attached hydrogen (secondary N) is 1. The number of aromatic nitrogens is 1. The summed E-state index contributed by atoms with van der Waals surface area (Å²) in [7, 11) is 0. The Morgan fingerprint density at radius 3 is 2.48 bits per heavy atom. The fourth-order valence-electron chi connectivity index (χ4n) is 4.60. The van der Waals surface area contributed by atoms with Gasteiger partial charge in [-0.25, -0.2) is 4.99 Å². The van der Waals surface area contributed by atoms with Crippen LogP contribution in [-0.4, -0.2) is 28.8 Å². The van der Waals surface area contributed by atoms with E-state index in [2.05, 4.69) is 10.3 Å². The van der Waals surface area contributed by atoms with E-state index in [0.29, 0.717) is 56.6 Å².